The third-order valence-corrected chi connectivity index (χ3v) is 6.45. The molecule has 1 aliphatic carbocycles. The largest absolute Gasteiger partial charge is 0.493 e. The molecule has 0 radical (unpaired) electrons. The summed E-state index contributed by atoms with van der Waals surface area (Å²) in [6.07, 6.45) is 2.22. The molecule has 0 amide bonds. The summed E-state index contributed by atoms with van der Waals surface area (Å²) in [5.41, 5.74) is 4.47. The third kappa shape index (κ3) is 3.39. The molecule has 1 N–H and O–H groups in total. The van der Waals surface area contributed by atoms with Crippen molar-refractivity contribution in [1.82, 2.24) is 4.98 Å². The average molecular weight is 475 g/mol. The minimum absolute atomic E-state index is 0.142. The molecule has 1 aromatic heterocycles. The minimum Gasteiger partial charge on any atom is -0.493 e. The molecule has 3 aromatic rings. The predicted octanol–water partition coefficient (Wildman–Crippen LogP) is 3.52. The summed E-state index contributed by atoms with van der Waals surface area (Å²) in [5, 5.41) is 0. The Morgan fingerprint density at radius 2 is 1.77 bits per heavy atom. The lowest BCUT2D eigenvalue weighted by Crippen LogP contribution is -2.18. The number of benzene rings is 2. The molecule has 9 heteroatoms. The molecule has 9 nitrogen and oxygen atoms in total. The topological polar surface area (TPSA) is 105 Å². The van der Waals surface area contributed by atoms with Crippen LogP contribution in [0.5, 0.6) is 28.7 Å². The zero-order chi connectivity index (χ0) is 24.1. The molecule has 0 fully saturated rings. The van der Waals surface area contributed by atoms with Crippen molar-refractivity contribution >= 4 is 11.9 Å². The average Bonchev–Trinajstić information content (AvgIpc) is 3.63. The lowest BCUT2D eigenvalue weighted by Gasteiger charge is -2.27. The van der Waals surface area contributed by atoms with Crippen molar-refractivity contribution in [3.05, 3.63) is 76.1 Å². The Morgan fingerprint density at radius 3 is 2.46 bits per heavy atom. The van der Waals surface area contributed by atoms with E-state index in [9.17, 15) is 9.59 Å². The van der Waals surface area contributed by atoms with Crippen molar-refractivity contribution in [3.8, 4) is 28.7 Å². The van der Waals surface area contributed by atoms with E-state index in [1.54, 1.807) is 30.5 Å². The first kappa shape index (κ1) is 21.2. The number of aromatic nitrogens is 1. The molecule has 35 heavy (non-hydrogen) atoms. The Balaban J connectivity index is 1.48. The van der Waals surface area contributed by atoms with Crippen molar-refractivity contribution in [1.29, 1.82) is 0 Å². The van der Waals surface area contributed by atoms with Crippen LogP contribution < -0.4 is 23.7 Å². The highest BCUT2D eigenvalue weighted by Gasteiger charge is 2.40. The van der Waals surface area contributed by atoms with E-state index in [0.29, 0.717) is 40.7 Å². The van der Waals surface area contributed by atoms with Crippen LogP contribution in [-0.4, -0.2) is 44.5 Å². The number of cyclic esters (lactones) is 1. The Bertz CT molecular complexity index is 1360. The van der Waals surface area contributed by atoms with Gasteiger partial charge in [-0.2, -0.15) is 0 Å². The maximum Gasteiger partial charge on any atom is 0.360 e. The molecule has 3 aliphatic rings. The number of carbonyl (C=O) groups excluding carboxylic acids is 2. The molecule has 1 atom stereocenters. The van der Waals surface area contributed by atoms with Gasteiger partial charge in [0.2, 0.25) is 12.5 Å². The standard InChI is InChI=1S/C26H21NO8/c1-30-20-8-14(9-21(31-2)24(20)35-25(28)17-4-3-5-27-17)22-16-10-19-18(33-12-34-19)7-13(16)6-15-11-32-26(29)23(15)22/h3-5,7-10,22,27H,6,11-12H2,1-2H3/t22-/m1/s1. The van der Waals surface area contributed by atoms with Crippen LogP contribution >= 0.6 is 0 Å². The molecular weight excluding hydrogens is 454 g/mol. The maximum atomic E-state index is 12.8. The van der Waals surface area contributed by atoms with Crippen molar-refractivity contribution in [3.63, 3.8) is 0 Å². The van der Waals surface area contributed by atoms with Crippen LogP contribution in [0.2, 0.25) is 0 Å². The first-order chi connectivity index (χ1) is 17.1. The van der Waals surface area contributed by atoms with Gasteiger partial charge in [0, 0.05) is 12.1 Å². The van der Waals surface area contributed by atoms with Gasteiger partial charge in [-0.1, -0.05) is 0 Å². The van der Waals surface area contributed by atoms with E-state index in [2.05, 4.69) is 4.98 Å². The normalized spacial score (nSPS) is 17.5. The number of esters is 2. The Labute approximate surface area is 200 Å². The highest BCUT2D eigenvalue weighted by Crippen LogP contribution is 2.50. The van der Waals surface area contributed by atoms with Gasteiger partial charge in [0.1, 0.15) is 12.3 Å². The number of nitrogens with one attached hydrogen (secondary N) is 1. The van der Waals surface area contributed by atoms with Crippen LogP contribution in [0.15, 0.2) is 53.7 Å². The van der Waals surface area contributed by atoms with Crippen LogP contribution in [0.1, 0.15) is 33.1 Å². The first-order valence-corrected chi connectivity index (χ1v) is 11.0. The highest BCUT2D eigenvalue weighted by molar-refractivity contribution is 5.96. The van der Waals surface area contributed by atoms with Crippen LogP contribution in [-0.2, 0) is 16.0 Å². The van der Waals surface area contributed by atoms with Crippen LogP contribution in [0, 0.1) is 0 Å². The fraction of sp³-hybridized carbons (Fsp3) is 0.231. The van der Waals surface area contributed by atoms with Crippen LogP contribution in [0.4, 0.5) is 0 Å². The van der Waals surface area contributed by atoms with Crippen molar-refractivity contribution in [2.24, 2.45) is 0 Å². The van der Waals surface area contributed by atoms with E-state index < -0.39 is 11.9 Å². The number of hydrogen-bond donors (Lipinski definition) is 1. The summed E-state index contributed by atoms with van der Waals surface area (Å²) in [4.78, 5) is 28.2. The number of ether oxygens (including phenoxy) is 6. The van der Waals surface area contributed by atoms with E-state index in [1.165, 1.54) is 14.2 Å². The van der Waals surface area contributed by atoms with Gasteiger partial charge in [-0.3, -0.25) is 0 Å². The summed E-state index contributed by atoms with van der Waals surface area (Å²) in [6.45, 7) is 0.402. The van der Waals surface area contributed by atoms with Crippen LogP contribution in [0.25, 0.3) is 0 Å². The molecule has 2 aliphatic heterocycles. The van der Waals surface area contributed by atoms with Crippen LogP contribution in [0.3, 0.4) is 0 Å². The molecular formula is C26H21NO8. The molecule has 0 saturated heterocycles. The summed E-state index contributed by atoms with van der Waals surface area (Å²) in [5.74, 6) is 0.643. The third-order valence-electron chi connectivity index (χ3n) is 6.45. The summed E-state index contributed by atoms with van der Waals surface area (Å²) in [6, 6.07) is 10.7. The smallest absolute Gasteiger partial charge is 0.360 e. The molecule has 2 aromatic carbocycles. The van der Waals surface area contributed by atoms with Gasteiger partial charge >= 0.3 is 11.9 Å². The number of methoxy groups -OCH3 is 2. The van der Waals surface area contributed by atoms with E-state index >= 15 is 0 Å². The zero-order valence-corrected chi connectivity index (χ0v) is 19.0. The molecule has 0 saturated carbocycles. The van der Waals surface area contributed by atoms with Crippen molar-refractivity contribution in [2.45, 2.75) is 12.3 Å². The number of rotatable bonds is 5. The number of carbonyl (C=O) groups is 2. The summed E-state index contributed by atoms with van der Waals surface area (Å²) < 4.78 is 33.4. The lowest BCUT2D eigenvalue weighted by molar-refractivity contribution is -0.136. The maximum absolute atomic E-state index is 12.8. The van der Waals surface area contributed by atoms with Gasteiger partial charge < -0.3 is 33.4 Å². The van der Waals surface area contributed by atoms with Crippen molar-refractivity contribution in [2.75, 3.05) is 27.6 Å². The quantitative estimate of drug-likeness (QED) is 0.442. The van der Waals surface area contributed by atoms with Gasteiger partial charge in [0.15, 0.2) is 23.0 Å². The van der Waals surface area contributed by atoms with Gasteiger partial charge in [-0.05, 0) is 65.1 Å². The summed E-state index contributed by atoms with van der Waals surface area (Å²) >= 11 is 0. The van der Waals surface area contributed by atoms with Gasteiger partial charge in [-0.15, -0.1) is 0 Å². The van der Waals surface area contributed by atoms with E-state index in [0.717, 1.165) is 22.3 Å². The Morgan fingerprint density at radius 1 is 1.03 bits per heavy atom. The predicted molar refractivity (Wildman–Crippen MR) is 121 cm³/mol. The van der Waals surface area contributed by atoms with Gasteiger partial charge in [-0.25, -0.2) is 9.59 Å². The fourth-order valence-electron chi connectivity index (χ4n) is 4.85. The number of H-pyrrole nitrogens is 1. The molecule has 3 heterocycles. The molecule has 0 bridgehead atoms. The summed E-state index contributed by atoms with van der Waals surface area (Å²) in [7, 11) is 2.96. The number of hydrogen-bond acceptors (Lipinski definition) is 8. The number of fused-ring (bicyclic) bond motifs is 2. The first-order valence-electron chi connectivity index (χ1n) is 11.0. The molecule has 0 spiro atoms. The van der Waals surface area contributed by atoms with Gasteiger partial charge in [0.05, 0.1) is 19.8 Å². The molecule has 0 unspecified atom stereocenters. The second-order valence-corrected chi connectivity index (χ2v) is 8.34. The van der Waals surface area contributed by atoms with Gasteiger partial charge in [0.25, 0.3) is 0 Å². The number of aromatic amines is 1. The zero-order valence-electron chi connectivity index (χ0n) is 19.0. The fourth-order valence-corrected chi connectivity index (χ4v) is 4.85. The monoisotopic (exact) mass is 475 g/mol. The lowest BCUT2D eigenvalue weighted by atomic mass is 9.75. The SMILES string of the molecule is COc1cc([C@H]2C3=C(COC3=O)Cc3cc4c(cc32)OCO4)cc(OC)c1OC(=O)c1ccc[nH]1. The second-order valence-electron chi connectivity index (χ2n) is 8.34. The Kier molecular flexibility index (Phi) is 4.91. The minimum atomic E-state index is -0.584. The van der Waals surface area contributed by atoms with Crippen molar-refractivity contribution < 1.29 is 38.0 Å². The highest BCUT2D eigenvalue weighted by atomic mass is 16.7. The van der Waals surface area contributed by atoms with E-state index in [-0.39, 0.29) is 25.1 Å². The Hall–Kier alpha value is -4.40. The van der Waals surface area contributed by atoms with E-state index in [1.807, 2.05) is 12.1 Å². The van der Waals surface area contributed by atoms with E-state index in [4.69, 9.17) is 28.4 Å². The second kappa shape index (κ2) is 8.12. The molecule has 6 rings (SSSR count). The molecule has 178 valence electrons.